The highest BCUT2D eigenvalue weighted by Gasteiger charge is 2.39. The van der Waals surface area contributed by atoms with E-state index in [2.05, 4.69) is 0 Å². The van der Waals surface area contributed by atoms with E-state index in [-0.39, 0.29) is 16.2 Å². The minimum atomic E-state index is -5.02. The van der Waals surface area contributed by atoms with E-state index < -0.39 is 33.9 Å². The molecule has 1 atom stereocenters. The first-order valence-electron chi connectivity index (χ1n) is 11.0. The monoisotopic (exact) mass is 530 g/mol. The molecule has 3 aromatic carbocycles. The quantitative estimate of drug-likeness (QED) is 0.345. The molecule has 11 heteroatoms. The molecule has 4 aromatic rings. The lowest BCUT2D eigenvalue weighted by atomic mass is 10.0. The number of ketones is 1. The van der Waals surface area contributed by atoms with Crippen LogP contribution in [0.5, 0.6) is 5.75 Å². The first-order chi connectivity index (χ1) is 17.4. The molecule has 0 fully saturated rings. The Morgan fingerprint density at radius 1 is 0.946 bits per heavy atom. The molecule has 4 rings (SSSR count). The number of rotatable bonds is 7. The second-order valence-electron chi connectivity index (χ2n) is 8.18. The van der Waals surface area contributed by atoms with E-state index in [1.54, 1.807) is 24.3 Å². The number of carbonyl (C=O) groups is 2. The molecule has 1 N–H and O–H groups in total. The Morgan fingerprint density at radius 3 is 2.16 bits per heavy atom. The highest BCUT2D eigenvalue weighted by atomic mass is 32.2. The third-order valence-electron chi connectivity index (χ3n) is 5.77. The lowest BCUT2D eigenvalue weighted by Crippen LogP contribution is -2.38. The molecule has 0 saturated carbocycles. The molecule has 0 aliphatic carbocycles. The van der Waals surface area contributed by atoms with Crippen LogP contribution in [0.2, 0.25) is 0 Å². The maximum absolute atomic E-state index is 13.6. The van der Waals surface area contributed by atoms with Crippen LogP contribution >= 0.6 is 0 Å². The average molecular weight is 531 g/mol. The fourth-order valence-corrected chi connectivity index (χ4v) is 5.34. The molecular formula is C26H21F3N2O5S. The van der Waals surface area contributed by atoms with E-state index in [9.17, 15) is 31.2 Å². The fourth-order valence-electron chi connectivity index (χ4n) is 3.83. The zero-order chi connectivity index (χ0) is 27.0. The van der Waals surface area contributed by atoms with Gasteiger partial charge in [0.1, 0.15) is 11.4 Å². The van der Waals surface area contributed by atoms with Crippen LogP contribution in [0.25, 0.3) is 10.9 Å². The number of benzene rings is 3. The zero-order valence-corrected chi connectivity index (χ0v) is 20.4. The summed E-state index contributed by atoms with van der Waals surface area (Å²) in [4.78, 5) is 24.7. The van der Waals surface area contributed by atoms with E-state index in [0.717, 1.165) is 3.97 Å². The molecule has 7 nitrogen and oxygen atoms in total. The van der Waals surface area contributed by atoms with Gasteiger partial charge in [0.05, 0.1) is 23.6 Å². The number of ether oxygens (including phenoxy) is 1. The number of carbonyl (C=O) groups excluding carboxylic acids is 2. The van der Waals surface area contributed by atoms with E-state index in [0.29, 0.717) is 22.2 Å². The summed E-state index contributed by atoms with van der Waals surface area (Å²) in [7, 11) is -2.74. The van der Waals surface area contributed by atoms with Crippen LogP contribution in [0.15, 0.2) is 83.8 Å². The van der Waals surface area contributed by atoms with Crippen molar-refractivity contribution in [1.29, 1.82) is 0 Å². The van der Waals surface area contributed by atoms with Crippen LogP contribution < -0.4 is 10.1 Å². The Hall–Kier alpha value is -4.12. The topological polar surface area (TPSA) is 94.5 Å². The number of aromatic nitrogens is 1. The van der Waals surface area contributed by atoms with Crippen molar-refractivity contribution in [2.45, 2.75) is 24.0 Å². The molecule has 0 bridgehead atoms. The number of nitrogens with one attached hydrogen (secondary N) is 1. The van der Waals surface area contributed by atoms with Gasteiger partial charge in [0, 0.05) is 10.9 Å². The van der Waals surface area contributed by atoms with Crippen molar-refractivity contribution in [1.82, 2.24) is 9.29 Å². The predicted octanol–water partition coefficient (Wildman–Crippen LogP) is 4.86. The molecule has 0 saturated heterocycles. The summed E-state index contributed by atoms with van der Waals surface area (Å²) in [5.41, 5.74) is 0.651. The van der Waals surface area contributed by atoms with Crippen LogP contribution in [-0.4, -0.2) is 37.4 Å². The maximum Gasteiger partial charge on any atom is 0.471 e. The van der Waals surface area contributed by atoms with Crippen molar-refractivity contribution < 1.29 is 35.9 Å². The smallest absolute Gasteiger partial charge is 0.471 e. The summed E-state index contributed by atoms with van der Waals surface area (Å²) in [5.74, 6) is -2.21. The molecule has 0 radical (unpaired) electrons. The summed E-state index contributed by atoms with van der Waals surface area (Å²) in [6, 6.07) is 18.4. The van der Waals surface area contributed by atoms with E-state index in [4.69, 9.17) is 4.74 Å². The lowest BCUT2D eigenvalue weighted by molar-refractivity contribution is -0.174. The highest BCUT2D eigenvalue weighted by molar-refractivity contribution is 7.90. The molecule has 0 spiro atoms. The number of hydrogen-bond donors (Lipinski definition) is 1. The minimum Gasteiger partial charge on any atom is -0.497 e. The van der Waals surface area contributed by atoms with Crippen molar-refractivity contribution in [2.75, 3.05) is 7.11 Å². The predicted molar refractivity (Wildman–Crippen MR) is 130 cm³/mol. The van der Waals surface area contributed by atoms with Gasteiger partial charge in [-0.3, -0.25) is 9.59 Å². The summed E-state index contributed by atoms with van der Waals surface area (Å²) >= 11 is 0. The summed E-state index contributed by atoms with van der Waals surface area (Å²) < 4.78 is 71.0. The van der Waals surface area contributed by atoms with Crippen LogP contribution in [0, 0.1) is 0 Å². The number of fused-ring (bicyclic) bond motifs is 1. The third kappa shape index (κ3) is 5.08. The summed E-state index contributed by atoms with van der Waals surface area (Å²) in [6.07, 6.45) is -5.02. The molecule has 192 valence electrons. The van der Waals surface area contributed by atoms with Crippen LogP contribution in [0.3, 0.4) is 0 Å². The zero-order valence-electron chi connectivity index (χ0n) is 19.6. The first kappa shape index (κ1) is 26.0. The van der Waals surface area contributed by atoms with Crippen LogP contribution in [-0.2, 0) is 14.8 Å². The molecule has 1 amide bonds. The SMILES string of the molecule is COc1ccc(S(=O)(=O)n2c(C(=O)c3ccc(C(C)NC(=O)C(F)(F)F)cc3)cc3ccccc32)cc1. The number of methoxy groups -OCH3 is 1. The Labute approximate surface area is 210 Å². The molecule has 0 aliphatic rings. The molecule has 1 heterocycles. The van der Waals surface area contributed by atoms with Crippen molar-refractivity contribution in [3.05, 3.63) is 95.7 Å². The molecule has 1 unspecified atom stereocenters. The van der Waals surface area contributed by atoms with Gasteiger partial charge < -0.3 is 10.1 Å². The van der Waals surface area contributed by atoms with E-state index >= 15 is 0 Å². The van der Waals surface area contributed by atoms with Gasteiger partial charge in [-0.2, -0.15) is 13.2 Å². The third-order valence-corrected chi connectivity index (χ3v) is 7.52. The van der Waals surface area contributed by atoms with Gasteiger partial charge in [0.2, 0.25) is 5.78 Å². The minimum absolute atomic E-state index is 0.0479. The second-order valence-corrected chi connectivity index (χ2v) is 9.96. The fraction of sp³-hybridized carbons (Fsp3) is 0.154. The van der Waals surface area contributed by atoms with E-state index in [1.165, 1.54) is 68.6 Å². The normalized spacial score (nSPS) is 12.8. The Kier molecular flexibility index (Phi) is 6.83. The molecule has 0 aliphatic heterocycles. The summed E-state index contributed by atoms with van der Waals surface area (Å²) in [6.45, 7) is 1.37. The van der Waals surface area contributed by atoms with Gasteiger partial charge >= 0.3 is 12.1 Å². The molecular weight excluding hydrogens is 509 g/mol. The maximum atomic E-state index is 13.6. The Bertz CT molecular complexity index is 1580. The Morgan fingerprint density at radius 2 is 1.57 bits per heavy atom. The van der Waals surface area contributed by atoms with E-state index in [1.807, 2.05) is 5.32 Å². The summed E-state index contributed by atoms with van der Waals surface area (Å²) in [5, 5.41) is 2.38. The number of hydrogen-bond acceptors (Lipinski definition) is 5. The van der Waals surface area contributed by atoms with Gasteiger partial charge in [0.25, 0.3) is 10.0 Å². The number of alkyl halides is 3. The van der Waals surface area contributed by atoms with Crippen LogP contribution in [0.1, 0.15) is 34.6 Å². The second kappa shape index (κ2) is 9.74. The number of para-hydroxylation sites is 1. The number of amides is 1. The highest BCUT2D eigenvalue weighted by Crippen LogP contribution is 2.29. The van der Waals surface area contributed by atoms with Crippen molar-refractivity contribution in [3.63, 3.8) is 0 Å². The van der Waals surface area contributed by atoms with Gasteiger partial charge in [0.15, 0.2) is 0 Å². The van der Waals surface area contributed by atoms with Crippen LogP contribution in [0.4, 0.5) is 13.2 Å². The molecule has 1 aromatic heterocycles. The van der Waals surface area contributed by atoms with Gasteiger partial charge in [-0.1, -0.05) is 42.5 Å². The first-order valence-corrected chi connectivity index (χ1v) is 12.4. The molecule has 37 heavy (non-hydrogen) atoms. The lowest BCUT2D eigenvalue weighted by Gasteiger charge is -2.16. The van der Waals surface area contributed by atoms with Gasteiger partial charge in [-0.05, 0) is 48.9 Å². The van der Waals surface area contributed by atoms with Crippen molar-refractivity contribution in [3.8, 4) is 5.75 Å². The largest absolute Gasteiger partial charge is 0.497 e. The number of halogens is 3. The number of nitrogens with zero attached hydrogens (tertiary/aromatic N) is 1. The van der Waals surface area contributed by atoms with Gasteiger partial charge in [-0.15, -0.1) is 0 Å². The standard InChI is InChI=1S/C26H21F3N2O5S/c1-16(30-25(33)26(27,28)29)17-7-9-18(10-8-17)24(32)23-15-19-5-3-4-6-22(19)31(23)37(34,35)21-13-11-20(36-2)12-14-21/h3-16H,1-2H3,(H,30,33). The van der Waals surface area contributed by atoms with Crippen molar-refractivity contribution in [2.24, 2.45) is 0 Å². The average Bonchev–Trinajstić information content (AvgIpc) is 3.28. The van der Waals surface area contributed by atoms with Crippen molar-refractivity contribution >= 4 is 32.6 Å². The Balaban J connectivity index is 1.72. The van der Waals surface area contributed by atoms with Gasteiger partial charge in [-0.25, -0.2) is 12.4 Å².